The van der Waals surface area contributed by atoms with Gasteiger partial charge in [0.05, 0.1) is 12.5 Å². The zero-order valence-corrected chi connectivity index (χ0v) is 18.7. The minimum atomic E-state index is -4.94. The second kappa shape index (κ2) is 9.42. The standard InChI is InChI=1S/C19H24FN5O8S/c20-15-8-13(32-14-5-6-22-9-14)3-1-11(15)7-17(26)24(21)18(27)16-4-2-12-10-23(16)19(28)25(12)33-34(29,30)31/h1,3,8,12,14,16,22H,2,4-7,9-10,21H2,(H,29,30,31)/t12-,14+,16+/m1/s1. The summed E-state index contributed by atoms with van der Waals surface area (Å²) in [5, 5.41) is 3.94. The largest absolute Gasteiger partial charge is 0.489 e. The number of hydrogen-bond donors (Lipinski definition) is 3. The second-order valence-electron chi connectivity index (χ2n) is 8.27. The highest BCUT2D eigenvalue weighted by Gasteiger charge is 2.50. The normalized spacial score (nSPS) is 24.4. The number of piperidine rings is 1. The summed E-state index contributed by atoms with van der Waals surface area (Å²) in [4.78, 5) is 38.9. The Morgan fingerprint density at radius 3 is 2.71 bits per heavy atom. The Balaban J connectivity index is 1.38. The van der Waals surface area contributed by atoms with Crippen molar-refractivity contribution in [2.45, 2.75) is 43.9 Å². The number of ether oxygens (including phenoxy) is 1. The number of imide groups is 1. The lowest BCUT2D eigenvalue weighted by molar-refractivity contribution is -0.148. The number of hydrogen-bond acceptors (Lipinski definition) is 9. The molecule has 4 N–H and O–H groups in total. The molecule has 0 radical (unpaired) electrons. The summed E-state index contributed by atoms with van der Waals surface area (Å²) in [6, 6.07) is 1.27. The molecule has 15 heteroatoms. The lowest BCUT2D eigenvalue weighted by Crippen LogP contribution is -2.55. The van der Waals surface area contributed by atoms with E-state index in [2.05, 4.69) is 9.60 Å². The van der Waals surface area contributed by atoms with Crippen molar-refractivity contribution in [1.29, 1.82) is 0 Å². The highest BCUT2D eigenvalue weighted by atomic mass is 32.3. The molecule has 13 nitrogen and oxygen atoms in total. The van der Waals surface area contributed by atoms with Gasteiger partial charge in [-0.3, -0.25) is 14.1 Å². The first-order valence-corrected chi connectivity index (χ1v) is 11.9. The van der Waals surface area contributed by atoms with E-state index in [0.717, 1.165) is 23.9 Å². The molecular weight excluding hydrogens is 477 g/mol. The van der Waals surface area contributed by atoms with Crippen molar-refractivity contribution in [3.63, 3.8) is 0 Å². The Morgan fingerprint density at radius 2 is 2.06 bits per heavy atom. The molecule has 0 aromatic heterocycles. The molecule has 4 rings (SSSR count). The molecule has 3 aliphatic heterocycles. The molecule has 2 bridgehead atoms. The summed E-state index contributed by atoms with van der Waals surface area (Å²) in [6.45, 7) is 1.42. The smallest absolute Gasteiger partial charge is 0.418 e. The average Bonchev–Trinajstić information content (AvgIpc) is 3.36. The third kappa shape index (κ3) is 5.12. The van der Waals surface area contributed by atoms with Gasteiger partial charge in [0.15, 0.2) is 0 Å². The van der Waals surface area contributed by atoms with Crippen molar-refractivity contribution in [2.24, 2.45) is 5.84 Å². The van der Waals surface area contributed by atoms with Gasteiger partial charge in [-0.25, -0.2) is 20.0 Å². The van der Waals surface area contributed by atoms with Gasteiger partial charge < -0.3 is 15.0 Å². The van der Waals surface area contributed by atoms with E-state index in [4.69, 9.17) is 15.1 Å². The molecule has 34 heavy (non-hydrogen) atoms. The molecule has 1 aromatic rings. The van der Waals surface area contributed by atoms with Crippen LogP contribution in [-0.2, 0) is 30.7 Å². The van der Waals surface area contributed by atoms with Crippen LogP contribution in [0.1, 0.15) is 24.8 Å². The summed E-state index contributed by atoms with van der Waals surface area (Å²) in [5.74, 6) is 3.54. The van der Waals surface area contributed by atoms with Crippen molar-refractivity contribution in [1.82, 2.24) is 20.3 Å². The number of nitrogens with one attached hydrogen (secondary N) is 1. The molecule has 3 heterocycles. The van der Waals surface area contributed by atoms with Gasteiger partial charge >= 0.3 is 16.4 Å². The van der Waals surface area contributed by atoms with Crippen LogP contribution in [0.15, 0.2) is 18.2 Å². The maximum absolute atomic E-state index is 14.5. The number of nitrogens with zero attached hydrogens (tertiary/aromatic N) is 3. The Hall–Kier alpha value is -2.85. The molecular formula is C19H24FN5O8S. The molecule has 0 spiro atoms. The van der Waals surface area contributed by atoms with Crippen LogP contribution in [0, 0.1) is 5.82 Å². The molecule has 3 fully saturated rings. The summed E-state index contributed by atoms with van der Waals surface area (Å²) in [6.07, 6.45) is 0.487. The molecule has 3 atom stereocenters. The first-order valence-electron chi connectivity index (χ1n) is 10.6. The van der Waals surface area contributed by atoms with E-state index in [1.165, 1.54) is 12.1 Å². The second-order valence-corrected chi connectivity index (χ2v) is 9.28. The van der Waals surface area contributed by atoms with E-state index in [1.807, 2.05) is 0 Å². The summed E-state index contributed by atoms with van der Waals surface area (Å²) in [7, 11) is -4.94. The highest BCUT2D eigenvalue weighted by molar-refractivity contribution is 7.80. The lowest BCUT2D eigenvalue weighted by atomic mass is 10.00. The van der Waals surface area contributed by atoms with Crippen LogP contribution in [-0.4, -0.2) is 83.6 Å². The molecule has 1 aromatic carbocycles. The predicted molar refractivity (Wildman–Crippen MR) is 111 cm³/mol. The van der Waals surface area contributed by atoms with Gasteiger partial charge in [-0.05, 0) is 37.4 Å². The van der Waals surface area contributed by atoms with Crippen LogP contribution < -0.4 is 15.9 Å². The third-order valence-corrected chi connectivity index (χ3v) is 6.32. The zero-order valence-electron chi connectivity index (χ0n) is 17.9. The van der Waals surface area contributed by atoms with Crippen molar-refractivity contribution >= 4 is 28.2 Å². The summed E-state index contributed by atoms with van der Waals surface area (Å²) in [5.41, 5.74) is 0.0128. The number of carbonyl (C=O) groups is 3. The van der Waals surface area contributed by atoms with Crippen LogP contribution in [0.3, 0.4) is 0 Å². The van der Waals surface area contributed by atoms with Crippen molar-refractivity contribution in [3.05, 3.63) is 29.6 Å². The average molecular weight is 501 g/mol. The van der Waals surface area contributed by atoms with E-state index < -0.39 is 52.6 Å². The Labute approximate surface area is 194 Å². The van der Waals surface area contributed by atoms with Crippen LogP contribution in [0.2, 0.25) is 0 Å². The maximum Gasteiger partial charge on any atom is 0.418 e. The van der Waals surface area contributed by atoms with Gasteiger partial charge in [0.25, 0.3) is 5.91 Å². The van der Waals surface area contributed by atoms with E-state index >= 15 is 0 Å². The number of fused-ring (bicyclic) bond motifs is 2. The zero-order chi connectivity index (χ0) is 24.6. The van der Waals surface area contributed by atoms with Crippen molar-refractivity contribution < 1.29 is 40.8 Å². The number of hydroxylamine groups is 2. The Bertz CT molecular complexity index is 1100. The Morgan fingerprint density at radius 1 is 1.29 bits per heavy atom. The fraction of sp³-hybridized carbons (Fsp3) is 0.526. The number of urea groups is 1. The fourth-order valence-electron chi connectivity index (χ4n) is 4.29. The molecule has 186 valence electrons. The summed E-state index contributed by atoms with van der Waals surface area (Å²) < 4.78 is 55.3. The van der Waals surface area contributed by atoms with Crippen molar-refractivity contribution in [2.75, 3.05) is 19.6 Å². The number of amides is 4. The highest BCUT2D eigenvalue weighted by Crippen LogP contribution is 2.31. The monoisotopic (exact) mass is 501 g/mol. The number of carbonyl (C=O) groups excluding carboxylic acids is 3. The van der Waals surface area contributed by atoms with Gasteiger partial charge in [0.1, 0.15) is 23.7 Å². The Kier molecular flexibility index (Phi) is 6.73. The molecule has 3 aliphatic rings. The SMILES string of the molecule is NN(C(=O)Cc1ccc(O[C@H]2CCNC2)cc1F)C(=O)[C@@H]1CC[C@@H]2CN1C(=O)N2OS(=O)(=O)O. The van der Waals surface area contributed by atoms with Crippen LogP contribution in [0.4, 0.5) is 9.18 Å². The van der Waals surface area contributed by atoms with Crippen LogP contribution >= 0.6 is 0 Å². The van der Waals surface area contributed by atoms with Gasteiger partial charge in [-0.15, -0.1) is 4.28 Å². The number of halogens is 1. The number of nitrogens with two attached hydrogens (primary N) is 1. The van der Waals surface area contributed by atoms with E-state index in [9.17, 15) is 27.2 Å². The van der Waals surface area contributed by atoms with E-state index in [-0.39, 0.29) is 31.1 Å². The summed E-state index contributed by atoms with van der Waals surface area (Å²) >= 11 is 0. The molecule has 0 unspecified atom stereocenters. The number of rotatable bonds is 7. The molecule has 0 aliphatic carbocycles. The number of benzene rings is 1. The topological polar surface area (TPSA) is 172 Å². The first kappa shape index (κ1) is 24.3. The van der Waals surface area contributed by atoms with Gasteiger partial charge in [0.2, 0.25) is 5.91 Å². The lowest BCUT2D eigenvalue weighted by Gasteiger charge is -2.31. The van der Waals surface area contributed by atoms with Gasteiger partial charge in [-0.2, -0.15) is 13.5 Å². The van der Waals surface area contributed by atoms with E-state index in [0.29, 0.717) is 22.4 Å². The quantitative estimate of drug-likeness (QED) is 0.188. The molecule has 0 saturated carbocycles. The van der Waals surface area contributed by atoms with E-state index in [1.54, 1.807) is 0 Å². The van der Waals surface area contributed by atoms with Gasteiger partial charge in [0, 0.05) is 19.2 Å². The first-order chi connectivity index (χ1) is 16.0. The minimum absolute atomic E-state index is 0.0128. The minimum Gasteiger partial charge on any atom is -0.489 e. The number of hydrazine groups is 1. The van der Waals surface area contributed by atoms with Crippen LogP contribution in [0.5, 0.6) is 5.75 Å². The fourth-order valence-corrected chi connectivity index (χ4v) is 4.67. The third-order valence-electron chi connectivity index (χ3n) is 5.97. The maximum atomic E-state index is 14.5. The predicted octanol–water partition coefficient (Wildman–Crippen LogP) is -0.659. The van der Waals surface area contributed by atoms with Crippen LogP contribution in [0.25, 0.3) is 0 Å². The molecule has 4 amide bonds. The van der Waals surface area contributed by atoms with Gasteiger partial charge in [-0.1, -0.05) is 6.07 Å². The molecule has 3 saturated heterocycles. The van der Waals surface area contributed by atoms with Crippen molar-refractivity contribution in [3.8, 4) is 5.75 Å².